The van der Waals surface area contributed by atoms with Gasteiger partial charge >= 0.3 is 0 Å². The van der Waals surface area contributed by atoms with Gasteiger partial charge in [-0.05, 0) is 11.6 Å². The molecule has 4 nitrogen and oxygen atoms in total. The van der Waals surface area contributed by atoms with Crippen LogP contribution < -0.4 is 0 Å². The minimum Gasteiger partial charge on any atom is -0.392 e. The van der Waals surface area contributed by atoms with E-state index in [1.54, 1.807) is 0 Å². The fourth-order valence-electron chi connectivity index (χ4n) is 0.952. The molecule has 0 radical (unpaired) electrons. The number of nitrogens with zero attached hydrogens (tertiary/aromatic N) is 1. The Hall–Kier alpha value is -1.39. The van der Waals surface area contributed by atoms with E-state index in [0.29, 0.717) is 10.6 Å². The molecule has 1 aromatic rings. The van der Waals surface area contributed by atoms with Gasteiger partial charge in [-0.1, -0.05) is 23.8 Å². The van der Waals surface area contributed by atoms with Crippen molar-refractivity contribution in [3.8, 4) is 0 Å². The first-order valence-corrected chi connectivity index (χ1v) is 4.24. The molecule has 0 aliphatic heterocycles. The van der Waals surface area contributed by atoms with E-state index in [0.717, 1.165) is 0 Å². The maximum atomic E-state index is 10.4. The van der Waals surface area contributed by atoms with Gasteiger partial charge in [0.05, 0.1) is 11.5 Å². The minimum absolute atomic E-state index is 0.0213. The lowest BCUT2D eigenvalue weighted by Crippen LogP contribution is -1.88. The first-order valence-electron chi connectivity index (χ1n) is 3.86. The van der Waals surface area contributed by atoms with Crippen LogP contribution in [0.1, 0.15) is 5.56 Å². The Bertz CT molecular complexity index is 376. The first kappa shape index (κ1) is 10.7. The topological polar surface area (TPSA) is 63.4 Å². The molecule has 0 aliphatic rings. The Labute approximate surface area is 85.6 Å². The first-order chi connectivity index (χ1) is 6.65. The second-order valence-corrected chi connectivity index (χ2v) is 2.96. The summed E-state index contributed by atoms with van der Waals surface area (Å²) in [5, 5.41) is 19.4. The molecule has 0 heterocycles. The van der Waals surface area contributed by atoms with Crippen molar-refractivity contribution in [3.63, 3.8) is 0 Å². The van der Waals surface area contributed by atoms with Gasteiger partial charge in [0.2, 0.25) is 0 Å². The van der Waals surface area contributed by atoms with E-state index >= 15 is 0 Å². The molecule has 74 valence electrons. The van der Waals surface area contributed by atoms with E-state index < -0.39 is 4.92 Å². The van der Waals surface area contributed by atoms with Crippen molar-refractivity contribution in [2.24, 2.45) is 0 Å². The van der Waals surface area contributed by atoms with Crippen molar-refractivity contribution in [1.29, 1.82) is 0 Å². The van der Waals surface area contributed by atoms with Crippen LogP contribution in [0.5, 0.6) is 0 Å². The highest BCUT2D eigenvalue weighted by molar-refractivity contribution is 6.32. The van der Waals surface area contributed by atoms with Crippen molar-refractivity contribution in [1.82, 2.24) is 0 Å². The van der Waals surface area contributed by atoms with Gasteiger partial charge in [-0.25, -0.2) is 0 Å². The van der Waals surface area contributed by atoms with Crippen LogP contribution in [-0.2, 0) is 0 Å². The molecule has 0 fully saturated rings. The Morgan fingerprint density at radius 2 is 2.29 bits per heavy atom. The fourth-order valence-corrected chi connectivity index (χ4v) is 1.13. The summed E-state index contributed by atoms with van der Waals surface area (Å²) in [6.07, 6.45) is 3.00. The highest BCUT2D eigenvalue weighted by Crippen LogP contribution is 2.22. The largest absolute Gasteiger partial charge is 0.392 e. The maximum Gasteiger partial charge on any atom is 0.270 e. The van der Waals surface area contributed by atoms with Crippen molar-refractivity contribution in [2.75, 3.05) is 6.61 Å². The van der Waals surface area contributed by atoms with Crippen molar-refractivity contribution >= 4 is 23.4 Å². The number of benzene rings is 1. The lowest BCUT2D eigenvalue weighted by atomic mass is 10.2. The molecule has 0 saturated heterocycles. The summed E-state index contributed by atoms with van der Waals surface area (Å²) >= 11 is 5.78. The molecule has 0 unspecified atom stereocenters. The predicted molar refractivity (Wildman–Crippen MR) is 54.2 cm³/mol. The smallest absolute Gasteiger partial charge is 0.270 e. The fraction of sp³-hybridized carbons (Fsp3) is 0.111. The van der Waals surface area contributed by atoms with Crippen LogP contribution in [0.2, 0.25) is 5.02 Å². The molecular weight excluding hydrogens is 206 g/mol. The van der Waals surface area contributed by atoms with E-state index in [4.69, 9.17) is 16.7 Å². The van der Waals surface area contributed by atoms with E-state index in [-0.39, 0.29) is 12.3 Å². The summed E-state index contributed by atoms with van der Waals surface area (Å²) < 4.78 is 0. The molecule has 0 atom stereocenters. The number of rotatable bonds is 3. The average molecular weight is 214 g/mol. The molecule has 5 heteroatoms. The molecule has 14 heavy (non-hydrogen) atoms. The van der Waals surface area contributed by atoms with E-state index in [1.165, 1.54) is 30.4 Å². The number of hydrogen-bond acceptors (Lipinski definition) is 3. The Morgan fingerprint density at radius 1 is 1.57 bits per heavy atom. The number of halogens is 1. The van der Waals surface area contributed by atoms with Crippen molar-refractivity contribution < 1.29 is 10.0 Å². The molecule has 0 amide bonds. The van der Waals surface area contributed by atoms with Crippen LogP contribution in [0.3, 0.4) is 0 Å². The molecule has 0 saturated carbocycles. The minimum atomic E-state index is -0.493. The Kier molecular flexibility index (Phi) is 3.62. The molecule has 1 rings (SSSR count). The zero-order valence-corrected chi connectivity index (χ0v) is 7.94. The third-order valence-corrected chi connectivity index (χ3v) is 1.94. The SMILES string of the molecule is O=[N+]([O-])c1ccc(Cl)c(/C=C/CO)c1. The van der Waals surface area contributed by atoms with Gasteiger partial charge < -0.3 is 5.11 Å². The van der Waals surface area contributed by atoms with Gasteiger partial charge in [0, 0.05) is 17.2 Å². The summed E-state index contributed by atoms with van der Waals surface area (Å²) in [5.41, 5.74) is 0.502. The van der Waals surface area contributed by atoms with Crippen LogP contribution in [0.4, 0.5) is 5.69 Å². The van der Waals surface area contributed by atoms with Crippen molar-refractivity contribution in [3.05, 3.63) is 45.0 Å². The Balaban J connectivity index is 3.08. The number of nitro groups is 1. The number of hydrogen-bond donors (Lipinski definition) is 1. The quantitative estimate of drug-likeness (QED) is 0.619. The molecule has 1 aromatic carbocycles. The highest BCUT2D eigenvalue weighted by Gasteiger charge is 2.07. The summed E-state index contributed by atoms with van der Waals surface area (Å²) in [6, 6.07) is 4.14. The van der Waals surface area contributed by atoms with Gasteiger partial charge in [-0.2, -0.15) is 0 Å². The second kappa shape index (κ2) is 4.74. The molecule has 0 bridgehead atoms. The lowest BCUT2D eigenvalue weighted by Gasteiger charge is -1.97. The second-order valence-electron chi connectivity index (χ2n) is 2.55. The van der Waals surface area contributed by atoms with Crippen LogP contribution in [0.25, 0.3) is 6.08 Å². The molecule has 0 aliphatic carbocycles. The van der Waals surface area contributed by atoms with Crippen LogP contribution in [-0.4, -0.2) is 16.6 Å². The van der Waals surface area contributed by atoms with Crippen molar-refractivity contribution in [2.45, 2.75) is 0 Å². The van der Waals surface area contributed by atoms with Gasteiger partial charge in [0.15, 0.2) is 0 Å². The number of aliphatic hydroxyl groups excluding tert-OH is 1. The van der Waals surface area contributed by atoms with E-state index in [1.807, 2.05) is 0 Å². The number of nitro benzene ring substituents is 1. The lowest BCUT2D eigenvalue weighted by molar-refractivity contribution is -0.384. The van der Waals surface area contributed by atoms with Gasteiger partial charge in [-0.15, -0.1) is 0 Å². The van der Waals surface area contributed by atoms with E-state index in [2.05, 4.69) is 0 Å². The molecule has 0 aromatic heterocycles. The highest BCUT2D eigenvalue weighted by atomic mass is 35.5. The summed E-state index contributed by atoms with van der Waals surface area (Å²) in [7, 11) is 0. The standard InChI is InChI=1S/C9H8ClNO3/c10-9-4-3-8(11(13)14)6-7(9)2-1-5-12/h1-4,6,12H,5H2/b2-1+. The maximum absolute atomic E-state index is 10.4. The third-order valence-electron chi connectivity index (χ3n) is 1.59. The Morgan fingerprint density at radius 3 is 2.86 bits per heavy atom. The number of non-ortho nitro benzene ring substituents is 1. The normalized spacial score (nSPS) is 10.7. The number of aliphatic hydroxyl groups is 1. The summed E-state index contributed by atoms with van der Waals surface area (Å²) in [4.78, 5) is 9.93. The van der Waals surface area contributed by atoms with Crippen LogP contribution in [0, 0.1) is 10.1 Å². The molecular formula is C9H8ClNO3. The van der Waals surface area contributed by atoms with Gasteiger partial charge in [-0.3, -0.25) is 10.1 Å². The van der Waals surface area contributed by atoms with Gasteiger partial charge in [0.25, 0.3) is 5.69 Å². The predicted octanol–water partition coefficient (Wildman–Crippen LogP) is 2.25. The summed E-state index contributed by atoms with van der Waals surface area (Å²) in [6.45, 7) is -0.126. The van der Waals surface area contributed by atoms with Gasteiger partial charge in [0.1, 0.15) is 0 Å². The monoisotopic (exact) mass is 213 g/mol. The zero-order valence-electron chi connectivity index (χ0n) is 7.18. The van der Waals surface area contributed by atoms with E-state index in [9.17, 15) is 10.1 Å². The van der Waals surface area contributed by atoms with Crippen LogP contribution >= 0.6 is 11.6 Å². The third kappa shape index (κ3) is 2.55. The molecule has 1 N–H and O–H groups in total. The summed E-state index contributed by atoms with van der Waals surface area (Å²) in [5.74, 6) is 0. The zero-order chi connectivity index (χ0) is 10.6. The molecule has 0 spiro atoms. The average Bonchev–Trinajstić information content (AvgIpc) is 2.16. The van der Waals surface area contributed by atoms with Crippen LogP contribution in [0.15, 0.2) is 24.3 Å².